The molecule has 9 rings (SSSR count). The number of aromatic nitrogens is 3. The summed E-state index contributed by atoms with van der Waals surface area (Å²) in [6.45, 7) is 12.8. The largest absolute Gasteiger partial charge is 0.371 e. The SMILES string of the molecule is C=C1CCC(N2C(=O)c3ccc(N4CC[C@H](CN5CCN(c6ccc(Nc7nc(N8CCC[C@@H](N9CCN(C)C9=O)C8)cnc7C(N)=O)cn6)CC5)C4)cc3C2=O)C(=O)N1. The Morgan fingerprint density at radius 2 is 1.67 bits per heavy atom. The molecular weight excluding hydrogens is 767 g/mol. The van der Waals surface area contributed by atoms with Crippen LogP contribution >= 0.6 is 0 Å². The van der Waals surface area contributed by atoms with Crippen LogP contribution in [0, 0.1) is 5.92 Å². The number of allylic oxidation sites excluding steroid dienone is 1. The number of urea groups is 1. The van der Waals surface area contributed by atoms with Crippen molar-refractivity contribution in [3.63, 3.8) is 0 Å². The Morgan fingerprint density at radius 3 is 2.40 bits per heavy atom. The summed E-state index contributed by atoms with van der Waals surface area (Å²) in [5.41, 5.74) is 8.62. The number of nitrogens with two attached hydrogens (primary N) is 1. The van der Waals surface area contributed by atoms with E-state index in [0.29, 0.717) is 60.2 Å². The predicted octanol–water partition coefficient (Wildman–Crippen LogP) is 2.09. The van der Waals surface area contributed by atoms with Gasteiger partial charge in [-0.3, -0.25) is 29.0 Å². The van der Waals surface area contributed by atoms with E-state index >= 15 is 0 Å². The van der Waals surface area contributed by atoms with Gasteiger partial charge in [-0.25, -0.2) is 19.7 Å². The second-order valence-electron chi connectivity index (χ2n) is 16.7. The average molecular weight is 818 g/mol. The molecular formula is C42H51N13O5. The number of imide groups is 1. The standard InChI is InChI=1S/C42H51N13O5/c1-26-5-9-33(39(57)46-26)55-40(58)31-8-7-29(20-32(31)41(55)59)52-13-11-27(24-52)23-50-15-17-51(18-16-50)34-10-6-28(21-44-34)47-38-36(37(43)56)45-22-35(48-38)53-12-3-4-30(25-53)54-19-14-49(2)42(54)60/h6-8,10,20-22,27,30,33H,1,3-5,9,11-19,23-25H2,2H3,(H2,43,56)(H,46,57)(H,47,48)/t27-,30-,33?/m1/s1. The molecule has 1 aromatic carbocycles. The molecule has 3 aromatic rings. The van der Waals surface area contributed by atoms with Gasteiger partial charge < -0.3 is 40.9 Å². The van der Waals surface area contributed by atoms with Gasteiger partial charge in [0.25, 0.3) is 17.7 Å². The first kappa shape index (κ1) is 39.2. The Balaban J connectivity index is 0.771. The van der Waals surface area contributed by atoms with Crippen LogP contribution < -0.4 is 31.1 Å². The van der Waals surface area contributed by atoms with E-state index in [-0.39, 0.29) is 29.5 Å². The maximum Gasteiger partial charge on any atom is 0.320 e. The summed E-state index contributed by atoms with van der Waals surface area (Å²) in [5.74, 6) is 0.316. The van der Waals surface area contributed by atoms with Crippen LogP contribution in [0.15, 0.2) is 55.0 Å². The first-order chi connectivity index (χ1) is 29.0. The lowest BCUT2D eigenvalue weighted by molar-refractivity contribution is -0.125. The molecule has 18 heteroatoms. The van der Waals surface area contributed by atoms with E-state index in [1.54, 1.807) is 23.4 Å². The molecule has 18 nitrogen and oxygen atoms in total. The van der Waals surface area contributed by atoms with Crippen LogP contribution in [0.1, 0.15) is 63.3 Å². The molecule has 1 unspecified atom stereocenters. The Kier molecular flexibility index (Phi) is 10.5. The molecule has 5 saturated heterocycles. The molecule has 3 atom stereocenters. The summed E-state index contributed by atoms with van der Waals surface area (Å²) in [5, 5.41) is 5.91. The van der Waals surface area contributed by atoms with Crippen molar-refractivity contribution in [2.75, 3.05) is 99.1 Å². The summed E-state index contributed by atoms with van der Waals surface area (Å²) in [7, 11) is 1.83. The second-order valence-corrected chi connectivity index (χ2v) is 16.7. The number of nitrogens with zero attached hydrogens (tertiary/aromatic N) is 10. The highest BCUT2D eigenvalue weighted by molar-refractivity contribution is 6.23. The Bertz CT molecular complexity index is 2230. The zero-order chi connectivity index (χ0) is 41.7. The van der Waals surface area contributed by atoms with E-state index in [4.69, 9.17) is 15.7 Å². The van der Waals surface area contributed by atoms with Crippen LogP contribution in [-0.4, -0.2) is 155 Å². The van der Waals surface area contributed by atoms with Crippen molar-refractivity contribution in [2.45, 2.75) is 44.2 Å². The number of primary amides is 1. The number of amides is 6. The van der Waals surface area contributed by atoms with Crippen molar-refractivity contribution in [1.82, 2.24) is 39.9 Å². The van der Waals surface area contributed by atoms with E-state index in [1.807, 2.05) is 36.2 Å². The second kappa shape index (κ2) is 16.0. The highest BCUT2D eigenvalue weighted by Crippen LogP contribution is 2.34. The molecule has 0 saturated carbocycles. The number of likely N-dealkylation sites (N-methyl/N-ethyl adjacent to an activating group) is 1. The zero-order valence-electron chi connectivity index (χ0n) is 33.9. The summed E-state index contributed by atoms with van der Waals surface area (Å²) in [4.78, 5) is 92.2. The Morgan fingerprint density at radius 1 is 0.850 bits per heavy atom. The number of fused-ring (bicyclic) bond motifs is 1. The van der Waals surface area contributed by atoms with Crippen LogP contribution in [0.3, 0.4) is 0 Å². The number of piperidine rings is 2. The average Bonchev–Trinajstić information content (AvgIpc) is 3.93. The molecule has 6 aliphatic rings. The molecule has 2 aromatic heterocycles. The molecule has 0 radical (unpaired) electrons. The lowest BCUT2D eigenvalue weighted by atomic mass is 10.0. The fourth-order valence-electron chi connectivity index (χ4n) is 9.48. The van der Waals surface area contributed by atoms with E-state index < -0.39 is 23.8 Å². The van der Waals surface area contributed by atoms with Gasteiger partial charge >= 0.3 is 6.03 Å². The maximum atomic E-state index is 13.4. The Hall–Kier alpha value is -6.30. The monoisotopic (exact) mass is 817 g/mol. The zero-order valence-corrected chi connectivity index (χ0v) is 33.9. The van der Waals surface area contributed by atoms with E-state index in [1.165, 1.54) is 0 Å². The third kappa shape index (κ3) is 7.55. The first-order valence-electron chi connectivity index (χ1n) is 20.9. The third-order valence-electron chi connectivity index (χ3n) is 12.8. The predicted molar refractivity (Wildman–Crippen MR) is 224 cm³/mol. The van der Waals surface area contributed by atoms with Crippen molar-refractivity contribution < 1.29 is 24.0 Å². The van der Waals surface area contributed by atoms with Crippen molar-refractivity contribution in [3.8, 4) is 0 Å². The molecule has 0 bridgehead atoms. The smallest absolute Gasteiger partial charge is 0.320 e. The van der Waals surface area contributed by atoms with E-state index in [0.717, 1.165) is 94.6 Å². The van der Waals surface area contributed by atoms with Crippen LogP contribution in [0.4, 0.5) is 33.6 Å². The van der Waals surface area contributed by atoms with Gasteiger partial charge in [-0.2, -0.15) is 0 Å². The number of piperazine rings is 1. The highest BCUT2D eigenvalue weighted by atomic mass is 16.2. The fourth-order valence-corrected chi connectivity index (χ4v) is 9.48. The molecule has 5 fully saturated rings. The van der Waals surface area contributed by atoms with Crippen molar-refractivity contribution >= 4 is 58.5 Å². The van der Waals surface area contributed by atoms with Gasteiger partial charge in [0.1, 0.15) is 17.7 Å². The van der Waals surface area contributed by atoms with Gasteiger partial charge in [-0.05, 0) is 68.4 Å². The van der Waals surface area contributed by atoms with E-state index in [9.17, 15) is 24.0 Å². The molecule has 0 aliphatic carbocycles. The van der Waals surface area contributed by atoms with Gasteiger partial charge in [0.05, 0.1) is 35.2 Å². The van der Waals surface area contributed by atoms with Crippen LogP contribution in [-0.2, 0) is 4.79 Å². The Labute approximate surface area is 348 Å². The number of benzene rings is 1. The van der Waals surface area contributed by atoms with Crippen LogP contribution in [0.2, 0.25) is 0 Å². The van der Waals surface area contributed by atoms with Crippen molar-refractivity contribution in [2.24, 2.45) is 11.7 Å². The summed E-state index contributed by atoms with van der Waals surface area (Å²) < 4.78 is 0. The fraction of sp³-hybridized carbons (Fsp3) is 0.476. The summed E-state index contributed by atoms with van der Waals surface area (Å²) in [6.07, 6.45) is 7.07. The van der Waals surface area contributed by atoms with Gasteiger partial charge in [0, 0.05) is 90.4 Å². The summed E-state index contributed by atoms with van der Waals surface area (Å²) in [6, 6.07) is 8.64. The number of hydrogen-bond donors (Lipinski definition) is 3. The van der Waals surface area contributed by atoms with Gasteiger partial charge in [0.2, 0.25) is 5.91 Å². The van der Waals surface area contributed by atoms with Crippen molar-refractivity contribution in [3.05, 3.63) is 71.8 Å². The normalized spacial score (nSPS) is 23.8. The molecule has 6 aliphatic heterocycles. The van der Waals surface area contributed by atoms with Gasteiger partial charge in [0.15, 0.2) is 11.5 Å². The number of anilines is 5. The lowest BCUT2D eigenvalue weighted by Gasteiger charge is -2.37. The number of rotatable bonds is 10. The number of hydrogen-bond acceptors (Lipinski definition) is 13. The molecule has 0 spiro atoms. The number of pyridine rings is 1. The number of carbonyl (C=O) groups is 5. The number of carbonyl (C=O) groups excluding carboxylic acids is 5. The van der Waals surface area contributed by atoms with Crippen molar-refractivity contribution in [1.29, 1.82) is 0 Å². The minimum atomic E-state index is -0.824. The third-order valence-corrected chi connectivity index (χ3v) is 12.8. The topological polar surface area (TPSA) is 197 Å². The van der Waals surface area contributed by atoms with Gasteiger partial charge in [-0.15, -0.1) is 0 Å². The van der Waals surface area contributed by atoms with Gasteiger partial charge in [-0.1, -0.05) is 6.58 Å². The molecule has 8 heterocycles. The molecule has 60 heavy (non-hydrogen) atoms. The lowest BCUT2D eigenvalue weighted by Crippen LogP contribution is -2.51. The molecule has 6 amide bonds. The molecule has 314 valence electrons. The summed E-state index contributed by atoms with van der Waals surface area (Å²) >= 11 is 0. The minimum Gasteiger partial charge on any atom is -0.371 e. The van der Waals surface area contributed by atoms with E-state index in [2.05, 4.69) is 41.8 Å². The van der Waals surface area contributed by atoms with Crippen LogP contribution in [0.5, 0.6) is 0 Å². The first-order valence-corrected chi connectivity index (χ1v) is 20.9. The number of nitrogens with one attached hydrogen (secondary N) is 2. The molecule has 4 N–H and O–H groups in total. The van der Waals surface area contributed by atoms with Crippen LogP contribution in [0.25, 0.3) is 0 Å². The quantitative estimate of drug-likeness (QED) is 0.252. The maximum absolute atomic E-state index is 13.4. The minimum absolute atomic E-state index is 0.0402. The highest BCUT2D eigenvalue weighted by Gasteiger charge is 2.44.